The molecule has 0 aliphatic heterocycles. The number of esters is 1. The van der Waals surface area contributed by atoms with Gasteiger partial charge in [-0.3, -0.25) is 4.79 Å². The first-order valence-electron chi connectivity index (χ1n) is 9.82. The molecule has 0 radical (unpaired) electrons. The van der Waals surface area contributed by atoms with Crippen molar-refractivity contribution in [3.63, 3.8) is 0 Å². The van der Waals surface area contributed by atoms with Crippen molar-refractivity contribution in [3.8, 4) is 0 Å². The second kappa shape index (κ2) is 10.4. The van der Waals surface area contributed by atoms with E-state index in [1.54, 1.807) is 26.8 Å². The maximum atomic E-state index is 12.8. The largest absolute Gasteiger partial charge is 0.452 e. The van der Waals surface area contributed by atoms with Crippen molar-refractivity contribution in [2.45, 2.75) is 38.6 Å². The number of carbonyl (C=O) groups excluding carboxylic acids is 2. The molecule has 1 N–H and O–H groups in total. The Bertz CT molecular complexity index is 986. The molecule has 7 nitrogen and oxygen atoms in total. The van der Waals surface area contributed by atoms with Gasteiger partial charge in [0.25, 0.3) is 5.91 Å². The summed E-state index contributed by atoms with van der Waals surface area (Å²) in [6.07, 6.45) is 0. The third-order valence-corrected chi connectivity index (χ3v) is 6.95. The van der Waals surface area contributed by atoms with Crippen LogP contribution in [0.3, 0.4) is 0 Å². The van der Waals surface area contributed by atoms with Crippen LogP contribution < -0.4 is 5.32 Å². The van der Waals surface area contributed by atoms with Crippen molar-refractivity contribution >= 4 is 21.9 Å². The zero-order chi connectivity index (χ0) is 22.3. The van der Waals surface area contributed by atoms with Crippen molar-refractivity contribution in [2.75, 3.05) is 19.7 Å². The van der Waals surface area contributed by atoms with Crippen LogP contribution in [0.4, 0.5) is 0 Å². The van der Waals surface area contributed by atoms with Crippen LogP contribution in [-0.2, 0) is 19.6 Å². The predicted molar refractivity (Wildman–Crippen MR) is 115 cm³/mol. The molecule has 0 saturated heterocycles. The lowest BCUT2D eigenvalue weighted by Gasteiger charge is -2.20. The first kappa shape index (κ1) is 23.6. The number of sulfonamides is 1. The molecule has 0 fully saturated rings. The van der Waals surface area contributed by atoms with E-state index in [-0.39, 0.29) is 16.5 Å². The summed E-state index contributed by atoms with van der Waals surface area (Å²) in [4.78, 5) is 24.6. The SMILES string of the molecule is CCN(CC)S(=O)(=O)c1cc(C(=O)OCC(=O)NC(C)c2ccccc2)ccc1C. The minimum atomic E-state index is -3.72. The number of hydrogen-bond donors (Lipinski definition) is 1. The maximum Gasteiger partial charge on any atom is 0.338 e. The monoisotopic (exact) mass is 432 g/mol. The van der Waals surface area contributed by atoms with E-state index in [1.165, 1.54) is 16.4 Å². The smallest absolute Gasteiger partial charge is 0.338 e. The summed E-state index contributed by atoms with van der Waals surface area (Å²) in [6, 6.07) is 13.5. The number of carbonyl (C=O) groups is 2. The van der Waals surface area contributed by atoms with Gasteiger partial charge in [0, 0.05) is 13.1 Å². The fourth-order valence-corrected chi connectivity index (χ4v) is 4.74. The quantitative estimate of drug-likeness (QED) is 0.615. The molecule has 0 saturated carbocycles. The third-order valence-electron chi connectivity index (χ3n) is 4.76. The summed E-state index contributed by atoms with van der Waals surface area (Å²) < 4.78 is 32.1. The molecular formula is C22H28N2O5S. The Balaban J connectivity index is 2.06. The zero-order valence-corrected chi connectivity index (χ0v) is 18.5. The molecule has 162 valence electrons. The predicted octanol–water partition coefficient (Wildman–Crippen LogP) is 3.06. The highest BCUT2D eigenvalue weighted by atomic mass is 32.2. The van der Waals surface area contributed by atoms with Gasteiger partial charge >= 0.3 is 5.97 Å². The highest BCUT2D eigenvalue weighted by Gasteiger charge is 2.25. The Morgan fingerprint density at radius 2 is 1.70 bits per heavy atom. The molecule has 1 atom stereocenters. The minimum Gasteiger partial charge on any atom is -0.452 e. The van der Waals surface area contributed by atoms with E-state index in [2.05, 4.69) is 5.32 Å². The Morgan fingerprint density at radius 3 is 2.30 bits per heavy atom. The van der Waals surface area contributed by atoms with Crippen LogP contribution in [0.2, 0.25) is 0 Å². The second-order valence-electron chi connectivity index (χ2n) is 6.85. The average Bonchev–Trinajstić information content (AvgIpc) is 2.73. The summed E-state index contributed by atoms with van der Waals surface area (Å²) in [5, 5.41) is 2.76. The first-order valence-corrected chi connectivity index (χ1v) is 11.3. The van der Waals surface area contributed by atoms with Gasteiger partial charge in [-0.15, -0.1) is 0 Å². The van der Waals surface area contributed by atoms with Crippen LogP contribution in [0.15, 0.2) is 53.4 Å². The second-order valence-corrected chi connectivity index (χ2v) is 8.75. The number of hydrogen-bond acceptors (Lipinski definition) is 5. The molecule has 0 aliphatic carbocycles. The molecule has 2 rings (SSSR count). The van der Waals surface area contributed by atoms with Gasteiger partial charge in [0.2, 0.25) is 10.0 Å². The van der Waals surface area contributed by atoms with Crippen LogP contribution in [-0.4, -0.2) is 44.3 Å². The molecule has 0 aromatic heterocycles. The van der Waals surface area contributed by atoms with E-state index in [9.17, 15) is 18.0 Å². The van der Waals surface area contributed by atoms with Gasteiger partial charge in [-0.25, -0.2) is 13.2 Å². The number of benzene rings is 2. The first-order chi connectivity index (χ1) is 14.2. The number of ether oxygens (including phenoxy) is 1. The van der Waals surface area contributed by atoms with Crippen molar-refractivity contribution in [1.82, 2.24) is 9.62 Å². The van der Waals surface area contributed by atoms with Crippen LogP contribution in [0.1, 0.15) is 48.3 Å². The van der Waals surface area contributed by atoms with E-state index >= 15 is 0 Å². The van der Waals surface area contributed by atoms with Gasteiger partial charge < -0.3 is 10.1 Å². The summed E-state index contributed by atoms with van der Waals surface area (Å²) in [7, 11) is -3.72. The van der Waals surface area contributed by atoms with Gasteiger partial charge in [-0.1, -0.05) is 50.2 Å². The molecule has 0 aliphatic rings. The van der Waals surface area contributed by atoms with E-state index in [4.69, 9.17) is 4.74 Å². The molecular weight excluding hydrogens is 404 g/mol. The lowest BCUT2D eigenvalue weighted by atomic mass is 10.1. The van der Waals surface area contributed by atoms with Gasteiger partial charge in [-0.2, -0.15) is 4.31 Å². The average molecular weight is 433 g/mol. The van der Waals surface area contributed by atoms with Crippen molar-refractivity contribution < 1.29 is 22.7 Å². The van der Waals surface area contributed by atoms with Crippen LogP contribution >= 0.6 is 0 Å². The van der Waals surface area contributed by atoms with Crippen molar-refractivity contribution in [2.24, 2.45) is 0 Å². The number of aryl methyl sites for hydroxylation is 1. The molecule has 30 heavy (non-hydrogen) atoms. The normalized spacial score (nSPS) is 12.4. The fraction of sp³-hybridized carbons (Fsp3) is 0.364. The minimum absolute atomic E-state index is 0.0581. The molecule has 1 amide bonds. The lowest BCUT2D eigenvalue weighted by molar-refractivity contribution is -0.124. The lowest BCUT2D eigenvalue weighted by Crippen LogP contribution is -2.32. The highest BCUT2D eigenvalue weighted by molar-refractivity contribution is 7.89. The summed E-state index contributed by atoms with van der Waals surface area (Å²) in [5.41, 5.74) is 1.55. The van der Waals surface area contributed by atoms with Crippen LogP contribution in [0.25, 0.3) is 0 Å². The molecule has 1 unspecified atom stereocenters. The molecule has 0 heterocycles. The number of nitrogens with one attached hydrogen (secondary N) is 1. The van der Waals surface area contributed by atoms with E-state index in [1.807, 2.05) is 37.3 Å². The number of nitrogens with zero attached hydrogens (tertiary/aromatic N) is 1. The van der Waals surface area contributed by atoms with Crippen molar-refractivity contribution in [3.05, 3.63) is 65.2 Å². The standard InChI is InChI=1S/C22H28N2O5S/c1-5-24(6-2)30(27,28)20-14-19(13-12-16(20)3)22(26)29-15-21(25)23-17(4)18-10-8-7-9-11-18/h7-14,17H,5-6,15H2,1-4H3,(H,23,25). The summed E-state index contributed by atoms with van der Waals surface area (Å²) >= 11 is 0. The number of rotatable bonds is 9. The summed E-state index contributed by atoms with van der Waals surface area (Å²) in [5.74, 6) is -1.20. The summed E-state index contributed by atoms with van der Waals surface area (Å²) in [6.45, 7) is 7.21. The molecule has 2 aromatic rings. The Kier molecular flexibility index (Phi) is 8.14. The molecule has 0 bridgehead atoms. The molecule has 2 aromatic carbocycles. The van der Waals surface area contributed by atoms with E-state index < -0.39 is 28.5 Å². The molecule has 8 heteroatoms. The Labute approximate surface area is 178 Å². The van der Waals surface area contributed by atoms with Crippen LogP contribution in [0.5, 0.6) is 0 Å². The maximum absolute atomic E-state index is 12.8. The van der Waals surface area contributed by atoms with Crippen LogP contribution in [0, 0.1) is 6.92 Å². The van der Waals surface area contributed by atoms with Gasteiger partial charge in [0.05, 0.1) is 16.5 Å². The Hall–Kier alpha value is -2.71. The highest BCUT2D eigenvalue weighted by Crippen LogP contribution is 2.22. The fourth-order valence-electron chi connectivity index (χ4n) is 3.03. The third kappa shape index (κ3) is 5.67. The molecule has 0 spiro atoms. The van der Waals surface area contributed by atoms with Gasteiger partial charge in [0.1, 0.15) is 0 Å². The zero-order valence-electron chi connectivity index (χ0n) is 17.7. The van der Waals surface area contributed by atoms with Crippen molar-refractivity contribution in [1.29, 1.82) is 0 Å². The topological polar surface area (TPSA) is 92.8 Å². The number of amides is 1. The van der Waals surface area contributed by atoms with Gasteiger partial charge in [0.15, 0.2) is 6.61 Å². The van der Waals surface area contributed by atoms with Gasteiger partial charge in [-0.05, 0) is 37.1 Å². The Morgan fingerprint density at radius 1 is 1.07 bits per heavy atom. The van der Waals surface area contributed by atoms with E-state index in [0.717, 1.165) is 5.56 Å². The van der Waals surface area contributed by atoms with E-state index in [0.29, 0.717) is 18.7 Å².